The van der Waals surface area contributed by atoms with Gasteiger partial charge in [-0.25, -0.2) is 4.79 Å². The Balaban J connectivity index is 1.69. The fraction of sp³-hybridized carbons (Fsp3) is 0.522. The van der Waals surface area contributed by atoms with Gasteiger partial charge in [-0.2, -0.15) is 0 Å². The van der Waals surface area contributed by atoms with E-state index in [0.29, 0.717) is 17.3 Å². The van der Waals surface area contributed by atoms with E-state index >= 15 is 0 Å². The SMILES string of the molecule is CCCCNC(C(=O)NC1C(=O)N2C(C(=O)OCCCC)=C(Cl)CSC12)c1ccccc1. The number of nitrogens with zero attached hydrogens (tertiary/aromatic N) is 1. The normalized spacial score (nSPS) is 21.0. The lowest BCUT2D eigenvalue weighted by atomic mass is 10.0. The summed E-state index contributed by atoms with van der Waals surface area (Å²) >= 11 is 7.70. The highest BCUT2D eigenvalue weighted by Gasteiger charge is 2.54. The van der Waals surface area contributed by atoms with Crippen LogP contribution in [-0.2, 0) is 19.1 Å². The maximum atomic E-state index is 13.1. The largest absolute Gasteiger partial charge is 0.461 e. The molecular formula is C23H30ClN3O4S. The molecule has 1 saturated heterocycles. The van der Waals surface area contributed by atoms with Crippen molar-refractivity contribution in [3.63, 3.8) is 0 Å². The van der Waals surface area contributed by atoms with Crippen molar-refractivity contribution in [2.45, 2.75) is 57.0 Å². The van der Waals surface area contributed by atoms with Crippen molar-refractivity contribution in [1.82, 2.24) is 15.5 Å². The van der Waals surface area contributed by atoms with Crippen molar-refractivity contribution in [3.8, 4) is 0 Å². The van der Waals surface area contributed by atoms with E-state index in [0.717, 1.165) is 31.2 Å². The Morgan fingerprint density at radius 2 is 1.94 bits per heavy atom. The van der Waals surface area contributed by atoms with Crippen molar-refractivity contribution in [1.29, 1.82) is 0 Å². The number of rotatable bonds is 11. The number of benzene rings is 1. The van der Waals surface area contributed by atoms with Gasteiger partial charge in [-0.1, -0.05) is 68.6 Å². The summed E-state index contributed by atoms with van der Waals surface area (Å²) in [5.74, 6) is -0.817. The van der Waals surface area contributed by atoms with Crippen LogP contribution in [0, 0.1) is 0 Å². The van der Waals surface area contributed by atoms with E-state index in [4.69, 9.17) is 16.3 Å². The number of hydrogen-bond donors (Lipinski definition) is 2. The van der Waals surface area contributed by atoms with E-state index in [1.807, 2.05) is 37.3 Å². The summed E-state index contributed by atoms with van der Waals surface area (Å²) in [4.78, 5) is 39.9. The topological polar surface area (TPSA) is 87.7 Å². The van der Waals surface area contributed by atoms with Gasteiger partial charge in [0.25, 0.3) is 5.91 Å². The second-order valence-electron chi connectivity index (χ2n) is 7.79. The molecule has 2 N–H and O–H groups in total. The number of nitrogens with one attached hydrogen (secondary N) is 2. The third-order valence-electron chi connectivity index (χ3n) is 5.42. The molecule has 1 aromatic rings. The molecule has 2 amide bonds. The zero-order chi connectivity index (χ0) is 23.1. The first-order chi connectivity index (χ1) is 15.5. The molecule has 174 valence electrons. The second kappa shape index (κ2) is 11.7. The maximum absolute atomic E-state index is 13.1. The Bertz CT molecular complexity index is 864. The van der Waals surface area contributed by atoms with Crippen molar-refractivity contribution >= 4 is 41.1 Å². The van der Waals surface area contributed by atoms with Crippen LogP contribution in [0.25, 0.3) is 0 Å². The number of carbonyl (C=O) groups excluding carboxylic acids is 3. The van der Waals surface area contributed by atoms with Crippen LogP contribution in [0.1, 0.15) is 51.1 Å². The predicted octanol–water partition coefficient (Wildman–Crippen LogP) is 3.31. The minimum atomic E-state index is -0.713. The van der Waals surface area contributed by atoms with Gasteiger partial charge in [-0.05, 0) is 24.9 Å². The molecular weight excluding hydrogens is 450 g/mol. The highest BCUT2D eigenvalue weighted by Crippen LogP contribution is 2.41. The molecule has 3 unspecified atom stereocenters. The van der Waals surface area contributed by atoms with Crippen molar-refractivity contribution < 1.29 is 19.1 Å². The molecule has 0 aliphatic carbocycles. The standard InChI is InChI=1S/C23H30ClN3O4S/c1-3-5-12-25-17(15-10-8-7-9-11-15)20(28)26-18-21(29)27-19(16(24)14-32-22(18)27)23(30)31-13-6-4-2/h7-11,17-18,22,25H,3-6,12-14H2,1-2H3,(H,26,28). The first-order valence-corrected chi connectivity index (χ1v) is 12.5. The molecule has 0 aromatic heterocycles. The van der Waals surface area contributed by atoms with Crippen LogP contribution < -0.4 is 10.6 Å². The van der Waals surface area contributed by atoms with E-state index in [1.165, 1.54) is 16.7 Å². The maximum Gasteiger partial charge on any atom is 0.356 e. The molecule has 7 nitrogen and oxygen atoms in total. The number of β-lactam (4-membered cyclic amide) rings is 1. The highest BCUT2D eigenvalue weighted by molar-refractivity contribution is 8.00. The number of ether oxygens (including phenoxy) is 1. The van der Waals surface area contributed by atoms with Crippen molar-refractivity contribution in [2.75, 3.05) is 18.9 Å². The second-order valence-corrected chi connectivity index (χ2v) is 9.35. The third kappa shape index (κ3) is 5.47. The summed E-state index contributed by atoms with van der Waals surface area (Å²) in [6.07, 6.45) is 3.59. The molecule has 2 heterocycles. The molecule has 1 aromatic carbocycles. The van der Waals surface area contributed by atoms with Gasteiger partial charge < -0.3 is 15.4 Å². The summed E-state index contributed by atoms with van der Waals surface area (Å²) in [7, 11) is 0. The molecule has 2 aliphatic heterocycles. The summed E-state index contributed by atoms with van der Waals surface area (Å²) in [6.45, 7) is 5.06. The molecule has 1 fully saturated rings. The Hall–Kier alpha value is -2.03. The average Bonchev–Trinajstić information content (AvgIpc) is 2.80. The quantitative estimate of drug-likeness (QED) is 0.287. The van der Waals surface area contributed by atoms with E-state index in [2.05, 4.69) is 17.6 Å². The smallest absolute Gasteiger partial charge is 0.356 e. The van der Waals surface area contributed by atoms with Crippen molar-refractivity contribution in [2.24, 2.45) is 0 Å². The Labute approximate surface area is 198 Å². The summed E-state index contributed by atoms with van der Waals surface area (Å²) in [5.41, 5.74) is 0.937. The predicted molar refractivity (Wildman–Crippen MR) is 126 cm³/mol. The van der Waals surface area contributed by atoms with E-state index in [1.54, 1.807) is 0 Å². The van der Waals surface area contributed by atoms with Crippen LogP contribution in [0.3, 0.4) is 0 Å². The Morgan fingerprint density at radius 1 is 1.22 bits per heavy atom. The molecule has 3 atom stereocenters. The van der Waals surface area contributed by atoms with Gasteiger partial charge in [0.05, 0.1) is 11.6 Å². The first-order valence-electron chi connectivity index (χ1n) is 11.1. The van der Waals surface area contributed by atoms with Crippen molar-refractivity contribution in [3.05, 3.63) is 46.6 Å². The van der Waals surface area contributed by atoms with Gasteiger partial charge in [0.2, 0.25) is 5.91 Å². The van der Waals surface area contributed by atoms with Gasteiger partial charge in [0.1, 0.15) is 23.2 Å². The van der Waals surface area contributed by atoms with E-state index in [-0.39, 0.29) is 29.5 Å². The van der Waals surface area contributed by atoms with E-state index in [9.17, 15) is 14.4 Å². The number of carbonyl (C=O) groups is 3. The number of halogens is 1. The number of hydrogen-bond acceptors (Lipinski definition) is 6. The lowest BCUT2D eigenvalue weighted by Gasteiger charge is -2.49. The van der Waals surface area contributed by atoms with Gasteiger partial charge in [0, 0.05) is 5.75 Å². The molecule has 32 heavy (non-hydrogen) atoms. The van der Waals surface area contributed by atoms with Crippen LogP contribution in [0.5, 0.6) is 0 Å². The monoisotopic (exact) mass is 479 g/mol. The third-order valence-corrected chi connectivity index (χ3v) is 7.17. The Kier molecular flexibility index (Phi) is 9.02. The molecule has 9 heteroatoms. The lowest BCUT2D eigenvalue weighted by molar-refractivity contribution is -0.153. The zero-order valence-corrected chi connectivity index (χ0v) is 20.0. The van der Waals surface area contributed by atoms with Crippen LogP contribution in [0.4, 0.5) is 0 Å². The zero-order valence-electron chi connectivity index (χ0n) is 18.4. The van der Waals surface area contributed by atoms with Gasteiger partial charge in [0.15, 0.2) is 0 Å². The molecule has 0 bridgehead atoms. The molecule has 0 saturated carbocycles. The van der Waals surface area contributed by atoms with E-state index < -0.39 is 18.1 Å². The van der Waals surface area contributed by atoms with Gasteiger partial charge >= 0.3 is 5.97 Å². The van der Waals surface area contributed by atoms with Crippen LogP contribution >= 0.6 is 23.4 Å². The number of esters is 1. The minimum absolute atomic E-state index is 0.0997. The minimum Gasteiger partial charge on any atom is -0.461 e. The van der Waals surface area contributed by atoms with Gasteiger partial charge in [-0.15, -0.1) is 11.8 Å². The molecule has 2 aliphatic rings. The van der Waals surface area contributed by atoms with Crippen LogP contribution in [-0.4, -0.2) is 53.0 Å². The lowest BCUT2D eigenvalue weighted by Crippen LogP contribution is -2.71. The molecule has 0 radical (unpaired) electrons. The first kappa shape index (κ1) is 24.6. The number of thioether (sulfide) groups is 1. The Morgan fingerprint density at radius 3 is 2.62 bits per heavy atom. The number of fused-ring (bicyclic) bond motifs is 1. The highest BCUT2D eigenvalue weighted by atomic mass is 35.5. The van der Waals surface area contributed by atoms with Crippen LogP contribution in [0.15, 0.2) is 41.1 Å². The van der Waals surface area contributed by atoms with Gasteiger partial charge in [-0.3, -0.25) is 14.5 Å². The van der Waals surface area contributed by atoms with Crippen LogP contribution in [0.2, 0.25) is 0 Å². The summed E-state index contributed by atoms with van der Waals surface area (Å²) in [5, 5.41) is 6.10. The summed E-state index contributed by atoms with van der Waals surface area (Å²) < 4.78 is 5.28. The average molecular weight is 480 g/mol. The number of amides is 2. The molecule has 0 spiro atoms. The fourth-order valence-electron chi connectivity index (χ4n) is 3.62. The molecule has 3 rings (SSSR count). The summed E-state index contributed by atoms with van der Waals surface area (Å²) in [6, 6.07) is 8.17. The fourth-order valence-corrected chi connectivity index (χ4v) is 5.16. The number of unbranched alkanes of at least 4 members (excludes halogenated alkanes) is 2.